The summed E-state index contributed by atoms with van der Waals surface area (Å²) in [7, 11) is 3.16. The van der Waals surface area contributed by atoms with Gasteiger partial charge in [-0.15, -0.1) is 0 Å². The predicted octanol–water partition coefficient (Wildman–Crippen LogP) is 1.30. The van der Waals surface area contributed by atoms with Crippen LogP contribution in [-0.4, -0.2) is 36.8 Å². The Morgan fingerprint density at radius 3 is 2.53 bits per heavy atom. The lowest BCUT2D eigenvalue weighted by atomic mass is 10.2. The quantitative estimate of drug-likeness (QED) is 0.246. The molecule has 11 nitrogen and oxygen atoms in total. The molecular formula is C23H22F2N10O. The number of hydrogen-bond donors (Lipinski definition) is 5. The van der Waals surface area contributed by atoms with Crippen molar-refractivity contribution in [2.24, 2.45) is 7.05 Å². The molecule has 0 aliphatic rings. The molecule has 0 fully saturated rings. The molecule has 3 aromatic heterocycles. The van der Waals surface area contributed by atoms with Gasteiger partial charge in [0.05, 0.1) is 12.2 Å². The molecule has 3 heterocycles. The lowest BCUT2D eigenvalue weighted by Crippen LogP contribution is -2.46. The summed E-state index contributed by atoms with van der Waals surface area (Å²) in [4.78, 5) is 21.7. The summed E-state index contributed by atoms with van der Waals surface area (Å²) in [6.07, 6.45) is 4.12. The molecule has 0 radical (unpaired) electrons. The van der Waals surface area contributed by atoms with Gasteiger partial charge in [-0.2, -0.15) is 0 Å². The van der Waals surface area contributed by atoms with Crippen LogP contribution in [0.5, 0.6) is 0 Å². The summed E-state index contributed by atoms with van der Waals surface area (Å²) in [6.45, 7) is -0.248. The van der Waals surface area contributed by atoms with Crippen molar-refractivity contribution in [3.8, 4) is 11.3 Å². The summed E-state index contributed by atoms with van der Waals surface area (Å²) in [5.74, 6) is -0.830. The fraction of sp³-hybridized carbons (Fsp3) is 0.130. The van der Waals surface area contributed by atoms with Crippen molar-refractivity contribution < 1.29 is 8.78 Å². The van der Waals surface area contributed by atoms with Gasteiger partial charge in [-0.25, -0.2) is 27.9 Å². The molecule has 13 heteroatoms. The van der Waals surface area contributed by atoms with Crippen LogP contribution in [0.25, 0.3) is 16.9 Å². The van der Waals surface area contributed by atoms with Crippen LogP contribution >= 0.6 is 0 Å². The number of hydrogen-bond acceptors (Lipinski definition) is 8. The van der Waals surface area contributed by atoms with Crippen molar-refractivity contribution in [3.05, 3.63) is 93.3 Å². The molecule has 184 valence electrons. The standard InChI is InChI=1S/C23H22F2N10O/c1-29-19(3-5-26)32-22-30-6-4-17(31-22)14-9-18(27)35-20(10-14)33(2)23(36)34(21(35)28)12-13-7-15(24)11-16(25)8-13/h3-11,26-29H,12H2,1-2H3,(H,30,31,32)/b19-3+,26-5?,27-18?,28-21?. The summed E-state index contributed by atoms with van der Waals surface area (Å²) >= 11 is 0. The Bertz CT molecular complexity index is 1680. The van der Waals surface area contributed by atoms with E-state index in [0.29, 0.717) is 17.1 Å². The molecular weight excluding hydrogens is 470 g/mol. The highest BCUT2D eigenvalue weighted by atomic mass is 19.1. The lowest BCUT2D eigenvalue weighted by Gasteiger charge is -2.15. The molecule has 4 aromatic rings. The Morgan fingerprint density at radius 1 is 1.14 bits per heavy atom. The number of aromatic nitrogens is 5. The molecule has 0 atom stereocenters. The lowest BCUT2D eigenvalue weighted by molar-refractivity contribution is 0.558. The van der Waals surface area contributed by atoms with E-state index in [1.807, 2.05) is 0 Å². The topological polar surface area (TPSA) is 153 Å². The predicted molar refractivity (Wildman–Crippen MR) is 128 cm³/mol. The van der Waals surface area contributed by atoms with Gasteiger partial charge in [0, 0.05) is 38.1 Å². The number of aryl methyl sites for hydroxylation is 1. The zero-order valence-electron chi connectivity index (χ0n) is 19.3. The van der Waals surface area contributed by atoms with Gasteiger partial charge in [0.2, 0.25) is 11.6 Å². The summed E-state index contributed by atoms with van der Waals surface area (Å²) in [6, 6.07) is 7.64. The molecule has 0 aliphatic heterocycles. The fourth-order valence-electron chi connectivity index (χ4n) is 3.69. The van der Waals surface area contributed by atoms with Crippen LogP contribution in [0.3, 0.4) is 0 Å². The highest BCUT2D eigenvalue weighted by molar-refractivity contribution is 5.70. The third-order valence-electron chi connectivity index (χ3n) is 5.36. The van der Waals surface area contributed by atoms with Crippen molar-refractivity contribution in [3.63, 3.8) is 0 Å². The highest BCUT2D eigenvalue weighted by Gasteiger charge is 2.13. The van der Waals surface area contributed by atoms with Gasteiger partial charge in [-0.1, -0.05) is 0 Å². The molecule has 0 amide bonds. The Labute approximate surface area is 202 Å². The zero-order chi connectivity index (χ0) is 26.0. The van der Waals surface area contributed by atoms with Crippen LogP contribution in [-0.2, 0) is 13.6 Å². The Balaban J connectivity index is 1.82. The molecule has 0 aliphatic carbocycles. The number of nitrogens with zero attached hydrogens (tertiary/aromatic N) is 5. The Hall–Kier alpha value is -4.94. The van der Waals surface area contributed by atoms with Gasteiger partial charge >= 0.3 is 5.69 Å². The molecule has 1 aromatic carbocycles. The van der Waals surface area contributed by atoms with Crippen LogP contribution < -0.4 is 27.4 Å². The third-order valence-corrected chi connectivity index (χ3v) is 5.36. The maximum atomic E-state index is 13.6. The minimum atomic E-state index is -0.790. The largest absolute Gasteiger partial charge is 0.375 e. The molecule has 5 N–H and O–H groups in total. The number of benzene rings is 1. The van der Waals surface area contributed by atoms with Crippen LogP contribution in [0.4, 0.5) is 14.7 Å². The van der Waals surface area contributed by atoms with Crippen LogP contribution in [0, 0.1) is 27.9 Å². The van der Waals surface area contributed by atoms with Gasteiger partial charge in [0.1, 0.15) is 28.6 Å². The monoisotopic (exact) mass is 492 g/mol. The number of anilines is 1. The second kappa shape index (κ2) is 9.74. The second-order valence-electron chi connectivity index (χ2n) is 7.74. The van der Waals surface area contributed by atoms with E-state index < -0.39 is 17.3 Å². The van der Waals surface area contributed by atoms with E-state index in [2.05, 4.69) is 20.6 Å². The van der Waals surface area contributed by atoms with E-state index >= 15 is 0 Å². The van der Waals surface area contributed by atoms with Gasteiger partial charge in [0.15, 0.2) is 0 Å². The molecule has 0 unspecified atom stereocenters. The highest BCUT2D eigenvalue weighted by Crippen LogP contribution is 2.17. The van der Waals surface area contributed by atoms with Gasteiger partial charge in [0.25, 0.3) is 0 Å². The first kappa shape index (κ1) is 24.2. The summed E-state index contributed by atoms with van der Waals surface area (Å²) in [5.41, 5.74) is 0.366. The van der Waals surface area contributed by atoms with Crippen LogP contribution in [0.1, 0.15) is 5.56 Å². The minimum Gasteiger partial charge on any atom is -0.375 e. The molecule has 0 saturated carbocycles. The molecule has 0 bridgehead atoms. The first-order valence-electron chi connectivity index (χ1n) is 10.6. The van der Waals surface area contributed by atoms with E-state index in [1.165, 1.54) is 34.4 Å². The molecule has 4 rings (SSSR count). The van der Waals surface area contributed by atoms with Crippen molar-refractivity contribution >= 4 is 17.8 Å². The van der Waals surface area contributed by atoms with E-state index in [0.717, 1.165) is 29.0 Å². The minimum absolute atomic E-state index is 0.102. The number of nitrogens with one attached hydrogen (secondary N) is 5. The number of rotatable bonds is 7. The van der Waals surface area contributed by atoms with Crippen molar-refractivity contribution in [2.75, 3.05) is 12.4 Å². The number of fused-ring (bicyclic) bond motifs is 1. The maximum Gasteiger partial charge on any atom is 0.332 e. The maximum absolute atomic E-state index is 13.6. The van der Waals surface area contributed by atoms with Gasteiger partial charge in [-0.05, 0) is 42.0 Å². The SMILES string of the molecule is CN/C(=C\C=N)Nc1nccc(-c2cc(=N)n3c(=N)n(Cc4cc(F)cc(F)c4)c(=O)n(C)c3c2)n1. The first-order chi connectivity index (χ1) is 17.2. The third kappa shape index (κ3) is 4.66. The molecule has 0 spiro atoms. The number of halogens is 2. The Morgan fingerprint density at radius 2 is 1.86 bits per heavy atom. The Kier molecular flexibility index (Phi) is 6.54. The van der Waals surface area contributed by atoms with E-state index in [9.17, 15) is 13.6 Å². The smallest absolute Gasteiger partial charge is 0.332 e. The van der Waals surface area contributed by atoms with Crippen molar-refractivity contribution in [1.29, 1.82) is 16.2 Å². The van der Waals surface area contributed by atoms with Gasteiger partial charge < -0.3 is 16.0 Å². The van der Waals surface area contributed by atoms with Crippen LogP contribution in [0.15, 0.2) is 59.3 Å². The number of allylic oxidation sites excluding steroid dienone is 1. The van der Waals surface area contributed by atoms with Crippen molar-refractivity contribution in [1.82, 2.24) is 28.8 Å². The molecule has 0 saturated heterocycles. The number of pyridine rings is 1. The van der Waals surface area contributed by atoms with E-state index in [1.54, 1.807) is 19.2 Å². The zero-order valence-corrected chi connectivity index (χ0v) is 19.3. The summed E-state index contributed by atoms with van der Waals surface area (Å²) in [5, 5.41) is 30.1. The molecule has 36 heavy (non-hydrogen) atoms. The van der Waals surface area contributed by atoms with E-state index in [-0.39, 0.29) is 34.8 Å². The van der Waals surface area contributed by atoms with E-state index in [4.69, 9.17) is 16.2 Å². The summed E-state index contributed by atoms with van der Waals surface area (Å²) < 4.78 is 30.8. The second-order valence-corrected chi connectivity index (χ2v) is 7.74. The van der Waals surface area contributed by atoms with Gasteiger partial charge in [-0.3, -0.25) is 20.0 Å². The van der Waals surface area contributed by atoms with Crippen LogP contribution in [0.2, 0.25) is 0 Å². The fourth-order valence-corrected chi connectivity index (χ4v) is 3.69. The average molecular weight is 492 g/mol. The normalized spacial score (nSPS) is 11.5. The first-order valence-corrected chi connectivity index (χ1v) is 10.6. The van der Waals surface area contributed by atoms with Crippen molar-refractivity contribution in [2.45, 2.75) is 6.54 Å². The average Bonchev–Trinajstić information content (AvgIpc) is 2.84.